The second-order valence-electron chi connectivity index (χ2n) is 4.61. The van der Waals surface area contributed by atoms with Crippen molar-refractivity contribution in [2.75, 3.05) is 19.0 Å². The summed E-state index contributed by atoms with van der Waals surface area (Å²) in [6, 6.07) is 2.22. The maximum atomic E-state index is 6.14. The fourth-order valence-corrected chi connectivity index (χ4v) is 4.99. The topological polar surface area (TPSA) is 55.0 Å². The van der Waals surface area contributed by atoms with Crippen LogP contribution >= 0.6 is 34.4 Å². The van der Waals surface area contributed by atoms with Crippen LogP contribution in [-0.2, 0) is 0 Å². The van der Waals surface area contributed by atoms with Crippen molar-refractivity contribution >= 4 is 39.6 Å². The molecule has 0 aliphatic heterocycles. The average Bonchev–Trinajstić information content (AvgIpc) is 2.94. The number of nitrogens with two attached hydrogens (primary N) is 1. The second kappa shape index (κ2) is 6.21. The number of anilines is 1. The zero-order chi connectivity index (χ0) is 14.0. The van der Waals surface area contributed by atoms with Crippen LogP contribution in [0.3, 0.4) is 0 Å². The van der Waals surface area contributed by atoms with Crippen molar-refractivity contribution in [2.45, 2.75) is 29.5 Å². The summed E-state index contributed by atoms with van der Waals surface area (Å²) in [6.07, 6.45) is 0. The molecule has 0 saturated heterocycles. The van der Waals surface area contributed by atoms with E-state index in [1.807, 2.05) is 25.9 Å². The van der Waals surface area contributed by atoms with E-state index in [9.17, 15) is 0 Å². The van der Waals surface area contributed by atoms with Gasteiger partial charge in [-0.25, -0.2) is 0 Å². The molecule has 0 radical (unpaired) electrons. The minimum absolute atomic E-state index is 0.0778. The molecule has 0 spiro atoms. The SMILES string of the molecule is Cc1ccsc1C(Sc1nnc(N(C)C)s1)C(C)N. The highest BCUT2D eigenvalue weighted by Crippen LogP contribution is 2.42. The number of aromatic nitrogens is 2. The lowest BCUT2D eigenvalue weighted by molar-refractivity contribution is 0.726. The van der Waals surface area contributed by atoms with Gasteiger partial charge in [0.1, 0.15) is 0 Å². The van der Waals surface area contributed by atoms with Crippen LogP contribution in [0.15, 0.2) is 15.8 Å². The Balaban J connectivity index is 2.19. The highest BCUT2D eigenvalue weighted by atomic mass is 32.2. The van der Waals surface area contributed by atoms with Crippen LogP contribution in [0, 0.1) is 6.92 Å². The normalized spacial score (nSPS) is 14.4. The Hall–Kier alpha value is -0.630. The second-order valence-corrected chi connectivity index (χ2v) is 7.90. The summed E-state index contributed by atoms with van der Waals surface area (Å²) in [4.78, 5) is 3.31. The van der Waals surface area contributed by atoms with E-state index in [2.05, 4.69) is 28.6 Å². The molecule has 4 nitrogen and oxygen atoms in total. The quantitative estimate of drug-likeness (QED) is 0.859. The third kappa shape index (κ3) is 3.47. The Kier molecular flexibility index (Phi) is 4.83. The first kappa shape index (κ1) is 14.8. The molecule has 2 heterocycles. The number of nitrogens with zero attached hydrogens (tertiary/aromatic N) is 3. The molecule has 0 bridgehead atoms. The lowest BCUT2D eigenvalue weighted by Crippen LogP contribution is -2.22. The molecule has 2 aromatic rings. The molecule has 7 heteroatoms. The Morgan fingerprint density at radius 1 is 1.37 bits per heavy atom. The molecule has 0 aromatic carbocycles. The zero-order valence-corrected chi connectivity index (χ0v) is 13.9. The van der Waals surface area contributed by atoms with Gasteiger partial charge in [0.05, 0.1) is 5.25 Å². The van der Waals surface area contributed by atoms with E-state index in [0.29, 0.717) is 0 Å². The van der Waals surface area contributed by atoms with Gasteiger partial charge in [0.2, 0.25) is 5.13 Å². The molecule has 2 rings (SSSR count). The van der Waals surface area contributed by atoms with Crippen LogP contribution in [0.5, 0.6) is 0 Å². The van der Waals surface area contributed by atoms with E-state index in [1.165, 1.54) is 10.4 Å². The number of rotatable bonds is 5. The number of thiophene rings is 1. The minimum Gasteiger partial charge on any atom is -0.353 e. The monoisotopic (exact) mass is 314 g/mol. The summed E-state index contributed by atoms with van der Waals surface area (Å²) in [5.41, 5.74) is 7.45. The highest BCUT2D eigenvalue weighted by Gasteiger charge is 2.23. The molecule has 2 aromatic heterocycles. The van der Waals surface area contributed by atoms with Crippen molar-refractivity contribution in [1.82, 2.24) is 10.2 Å². The number of hydrogen-bond acceptors (Lipinski definition) is 7. The summed E-state index contributed by atoms with van der Waals surface area (Å²) >= 11 is 5.08. The maximum absolute atomic E-state index is 6.14. The lowest BCUT2D eigenvalue weighted by atomic mass is 10.1. The van der Waals surface area contributed by atoms with E-state index in [0.717, 1.165) is 9.47 Å². The molecule has 0 saturated carbocycles. The van der Waals surface area contributed by atoms with E-state index in [4.69, 9.17) is 5.73 Å². The van der Waals surface area contributed by atoms with Gasteiger partial charge >= 0.3 is 0 Å². The minimum atomic E-state index is 0.0778. The van der Waals surface area contributed by atoms with Gasteiger partial charge in [0.25, 0.3) is 0 Å². The molecule has 104 valence electrons. The number of hydrogen-bond donors (Lipinski definition) is 1. The predicted molar refractivity (Wildman–Crippen MR) is 85.5 cm³/mol. The predicted octanol–water partition coefficient (Wildman–Crippen LogP) is 3.15. The smallest absolute Gasteiger partial charge is 0.208 e. The van der Waals surface area contributed by atoms with Crippen LogP contribution in [0.2, 0.25) is 0 Å². The molecule has 2 unspecified atom stereocenters. The first-order chi connectivity index (χ1) is 8.99. The molecule has 0 aliphatic carbocycles. The van der Waals surface area contributed by atoms with Gasteiger partial charge in [0.15, 0.2) is 4.34 Å². The van der Waals surface area contributed by atoms with Crippen LogP contribution in [0.1, 0.15) is 22.6 Å². The van der Waals surface area contributed by atoms with Gasteiger partial charge < -0.3 is 10.6 Å². The summed E-state index contributed by atoms with van der Waals surface area (Å²) in [6.45, 7) is 4.18. The molecule has 2 atom stereocenters. The van der Waals surface area contributed by atoms with Crippen LogP contribution in [-0.4, -0.2) is 30.3 Å². The number of thioether (sulfide) groups is 1. The van der Waals surface area contributed by atoms with E-state index < -0.39 is 0 Å². The zero-order valence-electron chi connectivity index (χ0n) is 11.5. The third-order valence-corrected chi connectivity index (χ3v) is 6.52. The average molecular weight is 315 g/mol. The van der Waals surface area contributed by atoms with E-state index in [-0.39, 0.29) is 11.3 Å². The van der Waals surface area contributed by atoms with Gasteiger partial charge in [-0.2, -0.15) is 0 Å². The van der Waals surface area contributed by atoms with Crippen molar-refractivity contribution in [3.05, 3.63) is 21.9 Å². The van der Waals surface area contributed by atoms with Crippen molar-refractivity contribution in [3.63, 3.8) is 0 Å². The molecular weight excluding hydrogens is 296 g/mol. The number of aryl methyl sites for hydroxylation is 1. The van der Waals surface area contributed by atoms with Gasteiger partial charge in [-0.15, -0.1) is 21.5 Å². The molecule has 2 N–H and O–H groups in total. The summed E-state index contributed by atoms with van der Waals surface area (Å²) in [5.74, 6) is 0. The van der Waals surface area contributed by atoms with Crippen molar-refractivity contribution in [3.8, 4) is 0 Å². The standard InChI is InChI=1S/C12H18N4S3/c1-7-5-6-17-9(7)10(8(2)13)18-12-15-14-11(19-12)16(3)4/h5-6,8,10H,13H2,1-4H3. The van der Waals surface area contributed by atoms with E-state index >= 15 is 0 Å². The maximum Gasteiger partial charge on any atom is 0.208 e. The summed E-state index contributed by atoms with van der Waals surface area (Å²) in [7, 11) is 3.95. The first-order valence-electron chi connectivity index (χ1n) is 5.96. The first-order valence-corrected chi connectivity index (χ1v) is 8.53. The van der Waals surface area contributed by atoms with Crippen LogP contribution in [0.4, 0.5) is 5.13 Å². The lowest BCUT2D eigenvalue weighted by Gasteiger charge is -2.18. The summed E-state index contributed by atoms with van der Waals surface area (Å²) in [5, 5.41) is 11.7. The molecule has 0 amide bonds. The van der Waals surface area contributed by atoms with Crippen LogP contribution in [0.25, 0.3) is 0 Å². The molecule has 0 aliphatic rings. The van der Waals surface area contributed by atoms with Crippen molar-refractivity contribution in [2.24, 2.45) is 5.73 Å². The molecule has 19 heavy (non-hydrogen) atoms. The third-order valence-electron chi connectivity index (χ3n) is 2.64. The fourth-order valence-electron chi connectivity index (χ4n) is 1.62. The Labute approximate surface area is 126 Å². The van der Waals surface area contributed by atoms with Crippen LogP contribution < -0.4 is 10.6 Å². The highest BCUT2D eigenvalue weighted by molar-refractivity contribution is 8.01. The van der Waals surface area contributed by atoms with Gasteiger partial charge in [-0.1, -0.05) is 23.1 Å². The largest absolute Gasteiger partial charge is 0.353 e. The Morgan fingerprint density at radius 2 is 2.11 bits per heavy atom. The fraction of sp³-hybridized carbons (Fsp3) is 0.500. The molecule has 0 fully saturated rings. The molecular formula is C12H18N4S3. The van der Waals surface area contributed by atoms with Gasteiger partial charge in [-0.05, 0) is 30.9 Å². The van der Waals surface area contributed by atoms with Crippen molar-refractivity contribution in [1.29, 1.82) is 0 Å². The van der Waals surface area contributed by atoms with E-state index in [1.54, 1.807) is 34.4 Å². The van der Waals surface area contributed by atoms with Gasteiger partial charge in [-0.3, -0.25) is 0 Å². The Bertz CT molecular complexity index is 533. The van der Waals surface area contributed by atoms with Crippen molar-refractivity contribution < 1.29 is 0 Å². The summed E-state index contributed by atoms with van der Waals surface area (Å²) < 4.78 is 0.971. The Morgan fingerprint density at radius 3 is 2.58 bits per heavy atom. The van der Waals surface area contributed by atoms with Gasteiger partial charge in [0, 0.05) is 25.0 Å².